The lowest BCUT2D eigenvalue weighted by atomic mass is 10.5. The van der Waals surface area contributed by atoms with E-state index in [0.29, 0.717) is 5.69 Å². The number of sulfonamides is 1. The Kier molecular flexibility index (Phi) is 4.16. The second-order valence-corrected chi connectivity index (χ2v) is 6.78. The minimum absolute atomic E-state index is 0.0781. The first-order valence-electron chi connectivity index (χ1n) is 5.52. The van der Waals surface area contributed by atoms with Gasteiger partial charge in [0.25, 0.3) is 0 Å². The van der Waals surface area contributed by atoms with Crippen molar-refractivity contribution in [2.24, 2.45) is 0 Å². The molecule has 2 N–H and O–H groups in total. The lowest BCUT2D eigenvalue weighted by Crippen LogP contribution is -2.23. The van der Waals surface area contributed by atoms with Crippen molar-refractivity contribution in [1.82, 2.24) is 19.5 Å². The molecule has 20 heavy (non-hydrogen) atoms. The molecule has 2 aromatic heterocycles. The zero-order valence-corrected chi connectivity index (χ0v) is 12.1. The van der Waals surface area contributed by atoms with Gasteiger partial charge in [-0.1, -0.05) is 0 Å². The zero-order valence-electron chi connectivity index (χ0n) is 10.5. The molecule has 10 heteroatoms. The van der Waals surface area contributed by atoms with E-state index in [1.807, 2.05) is 6.92 Å². The summed E-state index contributed by atoms with van der Waals surface area (Å²) in [7, 11) is -3.73. The molecule has 0 aliphatic rings. The summed E-state index contributed by atoms with van der Waals surface area (Å²) >= 11 is 1.43. The van der Waals surface area contributed by atoms with E-state index in [1.165, 1.54) is 17.5 Å². The summed E-state index contributed by atoms with van der Waals surface area (Å²) in [5, 5.41) is 14.9. The molecule has 0 aliphatic carbocycles. The van der Waals surface area contributed by atoms with Crippen molar-refractivity contribution in [3.05, 3.63) is 28.5 Å². The molecule has 0 aromatic carbocycles. The van der Waals surface area contributed by atoms with Crippen LogP contribution in [0.2, 0.25) is 0 Å². The molecule has 108 valence electrons. The van der Waals surface area contributed by atoms with Crippen LogP contribution in [0.25, 0.3) is 0 Å². The van der Waals surface area contributed by atoms with E-state index in [1.54, 1.807) is 5.38 Å². The molecule has 0 saturated heterocycles. The van der Waals surface area contributed by atoms with E-state index in [-0.39, 0.29) is 18.0 Å². The monoisotopic (exact) mass is 316 g/mol. The highest BCUT2D eigenvalue weighted by atomic mass is 32.2. The van der Waals surface area contributed by atoms with Gasteiger partial charge in [-0.2, -0.15) is 5.10 Å². The van der Waals surface area contributed by atoms with Gasteiger partial charge in [-0.3, -0.25) is 9.48 Å². The first-order valence-corrected chi connectivity index (χ1v) is 7.88. The van der Waals surface area contributed by atoms with Crippen LogP contribution in [0, 0.1) is 6.92 Å². The van der Waals surface area contributed by atoms with Gasteiger partial charge < -0.3 is 5.11 Å². The minimum atomic E-state index is -3.73. The van der Waals surface area contributed by atoms with Crippen molar-refractivity contribution in [1.29, 1.82) is 0 Å². The predicted octanol–water partition coefficient (Wildman–Crippen LogP) is 0.211. The molecule has 0 atom stereocenters. The summed E-state index contributed by atoms with van der Waals surface area (Å²) in [5.74, 6) is -1.09. The lowest BCUT2D eigenvalue weighted by molar-refractivity contribution is -0.137. The summed E-state index contributed by atoms with van der Waals surface area (Å²) in [6.07, 6.45) is 2.28. The number of hydrogen-bond donors (Lipinski definition) is 2. The second kappa shape index (κ2) is 5.69. The van der Waals surface area contributed by atoms with Crippen LogP contribution < -0.4 is 4.72 Å². The maximum Gasteiger partial charge on any atom is 0.325 e. The number of carbonyl (C=O) groups is 1. The molecule has 0 radical (unpaired) electrons. The number of nitrogens with one attached hydrogen (secondary N) is 1. The third-order valence-electron chi connectivity index (χ3n) is 2.33. The fourth-order valence-electron chi connectivity index (χ4n) is 1.45. The van der Waals surface area contributed by atoms with E-state index in [0.717, 1.165) is 15.9 Å². The summed E-state index contributed by atoms with van der Waals surface area (Å²) in [6.45, 7) is 1.52. The highest BCUT2D eigenvalue weighted by Crippen LogP contribution is 2.10. The smallest absolute Gasteiger partial charge is 0.325 e. The second-order valence-electron chi connectivity index (χ2n) is 3.95. The first kappa shape index (κ1) is 14.6. The molecular weight excluding hydrogens is 304 g/mol. The quantitative estimate of drug-likeness (QED) is 0.787. The minimum Gasteiger partial charge on any atom is -0.480 e. The van der Waals surface area contributed by atoms with E-state index in [2.05, 4.69) is 14.8 Å². The average Bonchev–Trinajstić information content (AvgIpc) is 2.95. The van der Waals surface area contributed by atoms with E-state index < -0.39 is 16.0 Å². The van der Waals surface area contributed by atoms with Crippen molar-refractivity contribution < 1.29 is 18.3 Å². The zero-order chi connectivity index (χ0) is 14.8. The molecule has 0 bridgehead atoms. The number of thiazole rings is 1. The number of aliphatic carboxylic acids is 1. The van der Waals surface area contributed by atoms with Crippen molar-refractivity contribution in [2.45, 2.75) is 24.9 Å². The van der Waals surface area contributed by atoms with Gasteiger partial charge in [-0.25, -0.2) is 18.1 Å². The molecule has 2 aromatic rings. The van der Waals surface area contributed by atoms with Crippen LogP contribution in [0.4, 0.5) is 0 Å². The Morgan fingerprint density at radius 1 is 1.55 bits per heavy atom. The summed E-state index contributed by atoms with van der Waals surface area (Å²) in [4.78, 5) is 14.6. The third kappa shape index (κ3) is 3.62. The SMILES string of the molecule is Cc1nc(CNS(=O)(=O)c2cnn(CC(=O)O)c2)cs1. The molecule has 0 spiro atoms. The predicted molar refractivity (Wildman–Crippen MR) is 70.7 cm³/mol. The van der Waals surface area contributed by atoms with Gasteiger partial charge in [0.1, 0.15) is 11.4 Å². The van der Waals surface area contributed by atoms with E-state index in [9.17, 15) is 13.2 Å². The number of rotatable bonds is 6. The molecule has 8 nitrogen and oxygen atoms in total. The molecule has 0 saturated carbocycles. The summed E-state index contributed by atoms with van der Waals surface area (Å²) in [5.41, 5.74) is 0.633. The molecule has 0 unspecified atom stereocenters. The topological polar surface area (TPSA) is 114 Å². The van der Waals surface area contributed by atoms with Crippen molar-refractivity contribution >= 4 is 27.3 Å². The van der Waals surface area contributed by atoms with Crippen LogP contribution in [0.1, 0.15) is 10.7 Å². The van der Waals surface area contributed by atoms with Crippen LogP contribution in [0.5, 0.6) is 0 Å². The molecule has 2 heterocycles. The van der Waals surface area contributed by atoms with Gasteiger partial charge in [0.2, 0.25) is 10.0 Å². The van der Waals surface area contributed by atoms with Crippen LogP contribution in [-0.4, -0.2) is 34.3 Å². The fraction of sp³-hybridized carbons (Fsp3) is 0.300. The van der Waals surface area contributed by atoms with Crippen molar-refractivity contribution in [3.8, 4) is 0 Å². The number of aryl methyl sites for hydroxylation is 1. The number of carboxylic acids is 1. The molecule has 0 amide bonds. The van der Waals surface area contributed by atoms with Gasteiger partial charge in [0, 0.05) is 11.6 Å². The van der Waals surface area contributed by atoms with Crippen LogP contribution in [0.3, 0.4) is 0 Å². The highest BCUT2D eigenvalue weighted by molar-refractivity contribution is 7.89. The standard InChI is InChI=1S/C10H12N4O4S2/c1-7-13-8(6-19-7)2-12-20(17,18)9-3-11-14(4-9)5-10(15)16/h3-4,6,12H,2,5H2,1H3,(H,15,16). The van der Waals surface area contributed by atoms with Crippen molar-refractivity contribution in [3.63, 3.8) is 0 Å². The summed E-state index contributed by atoms with van der Waals surface area (Å²) < 4.78 is 27.4. The van der Waals surface area contributed by atoms with Crippen molar-refractivity contribution in [2.75, 3.05) is 0 Å². The van der Waals surface area contributed by atoms with Crippen LogP contribution in [-0.2, 0) is 27.9 Å². The van der Waals surface area contributed by atoms with Gasteiger partial charge in [0.05, 0.1) is 23.4 Å². The number of hydrogen-bond acceptors (Lipinski definition) is 6. The summed E-state index contributed by atoms with van der Waals surface area (Å²) in [6, 6.07) is 0. The number of nitrogens with zero attached hydrogens (tertiary/aromatic N) is 3. The lowest BCUT2D eigenvalue weighted by Gasteiger charge is -2.02. The fourth-order valence-corrected chi connectivity index (χ4v) is 3.01. The highest BCUT2D eigenvalue weighted by Gasteiger charge is 2.17. The first-order chi connectivity index (χ1) is 9.37. The Labute approximate surface area is 119 Å². The Balaban J connectivity index is 2.06. The van der Waals surface area contributed by atoms with Crippen LogP contribution in [0.15, 0.2) is 22.7 Å². The number of aromatic nitrogens is 3. The van der Waals surface area contributed by atoms with Gasteiger partial charge in [0.15, 0.2) is 0 Å². The van der Waals surface area contributed by atoms with Gasteiger partial charge in [-0.15, -0.1) is 11.3 Å². The molecule has 2 rings (SSSR count). The maximum atomic E-state index is 12.0. The Morgan fingerprint density at radius 2 is 2.30 bits per heavy atom. The molecule has 0 aliphatic heterocycles. The van der Waals surface area contributed by atoms with E-state index >= 15 is 0 Å². The Bertz CT molecular complexity index is 719. The van der Waals surface area contributed by atoms with E-state index in [4.69, 9.17) is 5.11 Å². The molecular formula is C10H12N4O4S2. The third-order valence-corrected chi connectivity index (χ3v) is 4.51. The Hall–Kier alpha value is -1.78. The Morgan fingerprint density at radius 3 is 2.90 bits per heavy atom. The van der Waals surface area contributed by atoms with Gasteiger partial charge >= 0.3 is 5.97 Å². The van der Waals surface area contributed by atoms with Crippen LogP contribution >= 0.6 is 11.3 Å². The maximum absolute atomic E-state index is 12.0. The largest absolute Gasteiger partial charge is 0.480 e. The number of carboxylic acid groups (broad SMARTS) is 1. The normalized spacial score (nSPS) is 11.7. The molecule has 0 fully saturated rings. The average molecular weight is 316 g/mol. The van der Waals surface area contributed by atoms with Gasteiger partial charge in [-0.05, 0) is 6.92 Å².